The molecule has 0 aliphatic carbocycles. The molecule has 7 nitrogen and oxygen atoms in total. The minimum Gasteiger partial charge on any atom is -0.391 e. The van der Waals surface area contributed by atoms with Gasteiger partial charge >= 0.3 is 0 Å². The number of aliphatic hydroxyl groups excluding tert-OH is 1. The average Bonchev–Trinajstić information content (AvgIpc) is 2.53. The van der Waals surface area contributed by atoms with Gasteiger partial charge in [-0.3, -0.25) is 14.4 Å². The second kappa shape index (κ2) is 8.66. The number of aliphatic hydroxyl groups is 1. The maximum Gasteiger partial charge on any atom is 0.254 e. The maximum atomic E-state index is 12.4. The van der Waals surface area contributed by atoms with Crippen molar-refractivity contribution in [2.24, 2.45) is 5.92 Å². The lowest BCUT2D eigenvalue weighted by Crippen LogP contribution is -2.53. The molecule has 25 heavy (non-hydrogen) atoms. The number of hydrogen-bond donors (Lipinski definition) is 3. The fourth-order valence-electron chi connectivity index (χ4n) is 2.27. The summed E-state index contributed by atoms with van der Waals surface area (Å²) in [7, 11) is 1.59. The summed E-state index contributed by atoms with van der Waals surface area (Å²) in [6, 6.07) is 5.27. The first-order valence-corrected chi connectivity index (χ1v) is 8.73. The largest absolute Gasteiger partial charge is 0.391 e. The van der Waals surface area contributed by atoms with Crippen molar-refractivity contribution in [3.63, 3.8) is 0 Å². The van der Waals surface area contributed by atoms with Crippen LogP contribution in [0.15, 0.2) is 34.8 Å². The van der Waals surface area contributed by atoms with Crippen molar-refractivity contribution in [1.29, 1.82) is 0 Å². The lowest BCUT2D eigenvalue weighted by Gasteiger charge is -2.36. The maximum absolute atomic E-state index is 12.4. The van der Waals surface area contributed by atoms with Gasteiger partial charge in [-0.05, 0) is 25.1 Å². The number of amides is 2. The van der Waals surface area contributed by atoms with E-state index in [1.165, 1.54) is 17.1 Å². The Morgan fingerprint density at radius 2 is 2.24 bits per heavy atom. The van der Waals surface area contributed by atoms with E-state index in [9.17, 15) is 14.7 Å². The molecule has 0 spiro atoms. The van der Waals surface area contributed by atoms with Crippen LogP contribution >= 0.6 is 27.5 Å². The number of carbonyl (C=O) groups excluding carboxylic acids is 2. The zero-order chi connectivity index (χ0) is 18.6. The van der Waals surface area contributed by atoms with Crippen molar-refractivity contribution in [3.05, 3.63) is 39.8 Å². The molecule has 1 aromatic carbocycles. The molecule has 3 atom stereocenters. The van der Waals surface area contributed by atoms with Gasteiger partial charge in [0.2, 0.25) is 5.91 Å². The number of rotatable bonds is 6. The fraction of sp³-hybridized carbons (Fsp3) is 0.375. The summed E-state index contributed by atoms with van der Waals surface area (Å²) in [5, 5.41) is 12.8. The van der Waals surface area contributed by atoms with Crippen LogP contribution < -0.4 is 10.8 Å². The smallest absolute Gasteiger partial charge is 0.254 e. The Morgan fingerprint density at radius 1 is 1.52 bits per heavy atom. The molecule has 0 saturated carbocycles. The van der Waals surface area contributed by atoms with E-state index < -0.39 is 24.1 Å². The second-order valence-electron chi connectivity index (χ2n) is 5.67. The molecule has 0 radical (unpaired) electrons. The minimum absolute atomic E-state index is 0.0341. The van der Waals surface area contributed by atoms with Crippen molar-refractivity contribution < 1.29 is 19.5 Å². The Labute approximate surface area is 159 Å². The molecule has 3 N–H and O–H groups in total. The van der Waals surface area contributed by atoms with E-state index in [2.05, 4.69) is 26.7 Å². The summed E-state index contributed by atoms with van der Waals surface area (Å²) in [6.45, 7) is 1.51. The number of halogens is 2. The van der Waals surface area contributed by atoms with Crippen LogP contribution in [-0.4, -0.2) is 47.7 Å². The molecule has 2 unspecified atom stereocenters. The number of anilines is 1. The number of hydrogen-bond acceptors (Lipinski definition) is 5. The van der Waals surface area contributed by atoms with E-state index >= 15 is 0 Å². The summed E-state index contributed by atoms with van der Waals surface area (Å²) in [6.07, 6.45) is 1.49. The fourth-order valence-corrected chi connectivity index (χ4v) is 3.00. The highest BCUT2D eigenvalue weighted by Gasteiger charge is 2.35. The second-order valence-corrected chi connectivity index (χ2v) is 7.00. The van der Waals surface area contributed by atoms with Crippen molar-refractivity contribution in [2.75, 3.05) is 19.0 Å². The summed E-state index contributed by atoms with van der Waals surface area (Å²) in [4.78, 5) is 30.7. The lowest BCUT2D eigenvalue weighted by atomic mass is 9.99. The predicted octanol–water partition coefficient (Wildman–Crippen LogP) is 1.91. The first-order valence-electron chi connectivity index (χ1n) is 7.56. The normalized spacial score (nSPS) is 21.2. The molecule has 0 saturated heterocycles. The van der Waals surface area contributed by atoms with Gasteiger partial charge in [-0.25, -0.2) is 5.48 Å². The third kappa shape index (κ3) is 5.18. The third-order valence-corrected chi connectivity index (χ3v) is 4.39. The van der Waals surface area contributed by atoms with Gasteiger partial charge in [-0.2, -0.15) is 0 Å². The minimum atomic E-state index is -0.707. The first-order chi connectivity index (χ1) is 11.8. The molecule has 1 aliphatic rings. The van der Waals surface area contributed by atoms with E-state index in [0.29, 0.717) is 10.7 Å². The highest BCUT2D eigenvalue weighted by atomic mass is 79.9. The van der Waals surface area contributed by atoms with Gasteiger partial charge in [-0.1, -0.05) is 33.6 Å². The molecule has 1 aromatic rings. The van der Waals surface area contributed by atoms with Crippen molar-refractivity contribution in [1.82, 2.24) is 10.4 Å². The molecule has 0 fully saturated rings. The van der Waals surface area contributed by atoms with Crippen LogP contribution in [0.5, 0.6) is 0 Å². The van der Waals surface area contributed by atoms with Gasteiger partial charge in [0.05, 0.1) is 22.7 Å². The van der Waals surface area contributed by atoms with Crippen LogP contribution in [0.4, 0.5) is 5.69 Å². The predicted molar refractivity (Wildman–Crippen MR) is 97.7 cm³/mol. The van der Waals surface area contributed by atoms with Gasteiger partial charge in [0.1, 0.15) is 12.8 Å². The summed E-state index contributed by atoms with van der Waals surface area (Å²) in [5.41, 5.74) is 2.88. The SMILES string of the molecule is C[C@H](O)CONC(=O)C1C=CC(=O)N(C)C1Nc1ccc(Br)cc1Cl. The van der Waals surface area contributed by atoms with Crippen LogP contribution in [0.3, 0.4) is 0 Å². The Balaban J connectivity index is 2.16. The molecule has 1 heterocycles. The van der Waals surface area contributed by atoms with E-state index in [0.717, 1.165) is 4.47 Å². The highest BCUT2D eigenvalue weighted by Crippen LogP contribution is 2.29. The monoisotopic (exact) mass is 431 g/mol. The number of hydroxylamine groups is 1. The number of nitrogens with one attached hydrogen (secondary N) is 2. The summed E-state index contributed by atoms with van der Waals surface area (Å²) < 4.78 is 0.817. The van der Waals surface area contributed by atoms with Crippen LogP contribution in [0.1, 0.15) is 6.92 Å². The van der Waals surface area contributed by atoms with E-state index in [1.807, 2.05) is 0 Å². The zero-order valence-electron chi connectivity index (χ0n) is 13.7. The highest BCUT2D eigenvalue weighted by molar-refractivity contribution is 9.10. The quantitative estimate of drug-likeness (QED) is 0.598. The van der Waals surface area contributed by atoms with Gasteiger partial charge in [-0.15, -0.1) is 0 Å². The average molecular weight is 433 g/mol. The number of benzene rings is 1. The van der Waals surface area contributed by atoms with E-state index in [4.69, 9.17) is 16.4 Å². The van der Waals surface area contributed by atoms with Gasteiger partial charge in [0.25, 0.3) is 5.91 Å². The van der Waals surface area contributed by atoms with Crippen LogP contribution in [-0.2, 0) is 14.4 Å². The molecular weight excluding hydrogens is 414 g/mol. The van der Waals surface area contributed by atoms with E-state index in [-0.39, 0.29) is 12.5 Å². The Bertz CT molecular complexity index is 683. The molecule has 0 aromatic heterocycles. The molecule has 9 heteroatoms. The van der Waals surface area contributed by atoms with Gasteiger partial charge in [0.15, 0.2) is 0 Å². The Morgan fingerprint density at radius 3 is 2.88 bits per heavy atom. The summed E-state index contributed by atoms with van der Waals surface area (Å²) in [5.74, 6) is -1.38. The van der Waals surface area contributed by atoms with Gasteiger partial charge in [0, 0.05) is 17.6 Å². The number of likely N-dealkylation sites (N-methyl/N-ethyl adjacent to an activating group) is 1. The zero-order valence-corrected chi connectivity index (χ0v) is 16.0. The Hall–Kier alpha value is -1.61. The summed E-state index contributed by atoms with van der Waals surface area (Å²) >= 11 is 9.54. The van der Waals surface area contributed by atoms with Crippen LogP contribution in [0, 0.1) is 5.92 Å². The molecule has 136 valence electrons. The topological polar surface area (TPSA) is 90.9 Å². The standard InChI is InChI=1S/C16H19BrClN3O4/c1-9(22)8-25-20-16(24)11-4-6-14(23)21(2)15(11)19-13-5-3-10(17)7-12(13)18/h3-7,9,11,15,19,22H,8H2,1-2H3,(H,20,24)/t9-,11?,15?/m0/s1. The third-order valence-electron chi connectivity index (χ3n) is 3.59. The van der Waals surface area contributed by atoms with Gasteiger partial charge < -0.3 is 15.3 Å². The van der Waals surface area contributed by atoms with E-state index in [1.54, 1.807) is 32.2 Å². The molecular formula is C16H19BrClN3O4. The molecule has 0 bridgehead atoms. The van der Waals surface area contributed by atoms with Crippen molar-refractivity contribution >= 4 is 45.0 Å². The van der Waals surface area contributed by atoms with Crippen LogP contribution in [0.2, 0.25) is 5.02 Å². The Kier molecular flexibility index (Phi) is 6.83. The lowest BCUT2D eigenvalue weighted by molar-refractivity contribution is -0.141. The first kappa shape index (κ1) is 19.7. The van der Waals surface area contributed by atoms with Crippen LogP contribution in [0.25, 0.3) is 0 Å². The molecule has 1 aliphatic heterocycles. The van der Waals surface area contributed by atoms with Crippen molar-refractivity contribution in [2.45, 2.75) is 19.2 Å². The number of nitrogens with zero attached hydrogens (tertiary/aromatic N) is 1. The molecule has 2 rings (SSSR count). The van der Waals surface area contributed by atoms with Crippen molar-refractivity contribution in [3.8, 4) is 0 Å². The molecule has 2 amide bonds. The number of carbonyl (C=O) groups is 2.